The second kappa shape index (κ2) is 10.1. The predicted molar refractivity (Wildman–Crippen MR) is 103 cm³/mol. The molecule has 1 aromatic rings. The Morgan fingerprint density at radius 1 is 1.22 bits per heavy atom. The van der Waals surface area contributed by atoms with Crippen LogP contribution in [0.15, 0.2) is 6.20 Å². The summed E-state index contributed by atoms with van der Waals surface area (Å²) in [6.45, 7) is 4.21. The summed E-state index contributed by atoms with van der Waals surface area (Å²) in [5.74, 6) is 0.135. The molecule has 1 aromatic heterocycles. The Kier molecular flexibility index (Phi) is 7.60. The number of carbonyl (C=O) groups is 2. The number of nitrogens with one attached hydrogen (secondary N) is 2. The standard InChI is InChI=1S/C19H29N3O4S/c1-2-25-17(23)12-26-15-5-3-14(4-6-15)22-18(24)16-11-21-19(27-16)13-7-9-20-10-8-13/h11,13-15,20H,2-10,12H2,1H3,(H,22,24). The maximum Gasteiger partial charge on any atom is 0.332 e. The lowest BCUT2D eigenvalue weighted by Crippen LogP contribution is -2.39. The van der Waals surface area contributed by atoms with Crippen molar-refractivity contribution in [2.45, 2.75) is 63.5 Å². The molecule has 1 aliphatic carbocycles. The lowest BCUT2D eigenvalue weighted by atomic mass is 9.93. The Labute approximate surface area is 164 Å². The van der Waals surface area contributed by atoms with E-state index in [0.717, 1.165) is 56.6 Å². The minimum atomic E-state index is -0.317. The summed E-state index contributed by atoms with van der Waals surface area (Å²) in [6.07, 6.45) is 7.36. The number of aromatic nitrogens is 1. The van der Waals surface area contributed by atoms with Crippen molar-refractivity contribution in [2.24, 2.45) is 0 Å². The third-order valence-corrected chi connectivity index (χ3v) is 6.35. The van der Waals surface area contributed by atoms with Crippen LogP contribution >= 0.6 is 11.3 Å². The second-order valence-electron chi connectivity index (χ2n) is 7.15. The van der Waals surface area contributed by atoms with Crippen LogP contribution in [0.2, 0.25) is 0 Å². The van der Waals surface area contributed by atoms with Gasteiger partial charge in [-0.15, -0.1) is 11.3 Å². The molecule has 0 unspecified atom stereocenters. The first-order valence-electron chi connectivity index (χ1n) is 9.90. The second-order valence-corrected chi connectivity index (χ2v) is 8.21. The van der Waals surface area contributed by atoms with E-state index in [1.807, 2.05) is 0 Å². The van der Waals surface area contributed by atoms with Gasteiger partial charge in [0.1, 0.15) is 11.5 Å². The number of rotatable bonds is 7. The van der Waals surface area contributed by atoms with E-state index in [1.165, 1.54) is 11.3 Å². The highest BCUT2D eigenvalue weighted by atomic mass is 32.1. The minimum absolute atomic E-state index is 0.00978. The normalized spacial score (nSPS) is 23.7. The maximum absolute atomic E-state index is 12.5. The van der Waals surface area contributed by atoms with E-state index in [4.69, 9.17) is 9.47 Å². The number of carbonyl (C=O) groups excluding carboxylic acids is 2. The highest BCUT2D eigenvalue weighted by molar-refractivity contribution is 7.13. The van der Waals surface area contributed by atoms with E-state index in [9.17, 15) is 9.59 Å². The molecule has 8 heteroatoms. The molecule has 0 bridgehead atoms. The molecule has 7 nitrogen and oxygen atoms in total. The van der Waals surface area contributed by atoms with Crippen LogP contribution in [0.3, 0.4) is 0 Å². The van der Waals surface area contributed by atoms with Crippen LogP contribution in [0.1, 0.15) is 66.0 Å². The highest BCUT2D eigenvalue weighted by Crippen LogP contribution is 2.29. The van der Waals surface area contributed by atoms with Crippen LogP contribution in [0.25, 0.3) is 0 Å². The zero-order valence-corrected chi connectivity index (χ0v) is 16.7. The Morgan fingerprint density at radius 2 is 1.96 bits per heavy atom. The first-order chi connectivity index (χ1) is 13.2. The number of ether oxygens (including phenoxy) is 2. The van der Waals surface area contributed by atoms with Crippen molar-refractivity contribution < 1.29 is 19.1 Å². The van der Waals surface area contributed by atoms with Crippen molar-refractivity contribution in [1.82, 2.24) is 15.6 Å². The van der Waals surface area contributed by atoms with Gasteiger partial charge < -0.3 is 20.1 Å². The van der Waals surface area contributed by atoms with Gasteiger partial charge in [0, 0.05) is 12.0 Å². The summed E-state index contributed by atoms with van der Waals surface area (Å²) < 4.78 is 10.5. The Balaban J connectivity index is 1.40. The summed E-state index contributed by atoms with van der Waals surface area (Å²) in [4.78, 5) is 29.1. The van der Waals surface area contributed by atoms with Gasteiger partial charge in [0.2, 0.25) is 0 Å². The lowest BCUT2D eigenvalue weighted by molar-refractivity contribution is -0.151. The molecular formula is C19H29N3O4S. The smallest absolute Gasteiger partial charge is 0.332 e. The van der Waals surface area contributed by atoms with Crippen LogP contribution in [0, 0.1) is 0 Å². The van der Waals surface area contributed by atoms with Crippen molar-refractivity contribution in [1.29, 1.82) is 0 Å². The molecule has 1 saturated heterocycles. The quantitative estimate of drug-likeness (QED) is 0.688. The molecule has 27 heavy (non-hydrogen) atoms. The van der Waals surface area contributed by atoms with Gasteiger partial charge in [0.25, 0.3) is 5.91 Å². The fourth-order valence-electron chi connectivity index (χ4n) is 3.67. The molecule has 1 amide bonds. The van der Waals surface area contributed by atoms with Crippen LogP contribution in [-0.4, -0.2) is 55.3 Å². The molecule has 1 aliphatic heterocycles. The topological polar surface area (TPSA) is 89.5 Å². The number of thiazole rings is 1. The van der Waals surface area contributed by atoms with Crippen molar-refractivity contribution in [2.75, 3.05) is 26.3 Å². The highest BCUT2D eigenvalue weighted by Gasteiger charge is 2.25. The minimum Gasteiger partial charge on any atom is -0.464 e. The number of hydrogen-bond acceptors (Lipinski definition) is 7. The van der Waals surface area contributed by atoms with E-state index in [-0.39, 0.29) is 30.6 Å². The van der Waals surface area contributed by atoms with E-state index < -0.39 is 0 Å². The summed E-state index contributed by atoms with van der Waals surface area (Å²) in [6, 6.07) is 0.157. The molecule has 0 spiro atoms. The average molecular weight is 396 g/mol. The summed E-state index contributed by atoms with van der Waals surface area (Å²) in [7, 11) is 0. The molecule has 0 atom stereocenters. The first-order valence-corrected chi connectivity index (χ1v) is 10.7. The SMILES string of the molecule is CCOC(=O)COC1CCC(NC(=O)c2cnc(C3CCNCC3)s2)CC1. The van der Waals surface area contributed by atoms with E-state index in [0.29, 0.717) is 17.4 Å². The van der Waals surface area contributed by atoms with Crippen molar-refractivity contribution in [3.8, 4) is 0 Å². The monoisotopic (exact) mass is 395 g/mol. The number of esters is 1. The number of piperidine rings is 1. The summed E-state index contributed by atoms with van der Waals surface area (Å²) in [5, 5.41) is 7.57. The molecule has 2 fully saturated rings. The van der Waals surface area contributed by atoms with Gasteiger partial charge >= 0.3 is 5.97 Å². The van der Waals surface area contributed by atoms with Crippen LogP contribution < -0.4 is 10.6 Å². The molecule has 150 valence electrons. The molecule has 0 aromatic carbocycles. The third kappa shape index (κ3) is 5.99. The summed E-state index contributed by atoms with van der Waals surface area (Å²) >= 11 is 1.53. The Hall–Kier alpha value is -1.51. The summed E-state index contributed by atoms with van der Waals surface area (Å²) in [5.41, 5.74) is 0. The largest absolute Gasteiger partial charge is 0.464 e. The van der Waals surface area contributed by atoms with Crippen molar-refractivity contribution in [3.05, 3.63) is 16.1 Å². The van der Waals surface area contributed by atoms with Crippen molar-refractivity contribution in [3.63, 3.8) is 0 Å². The zero-order valence-electron chi connectivity index (χ0n) is 15.9. The van der Waals surface area contributed by atoms with Gasteiger partial charge in [-0.05, 0) is 58.5 Å². The molecular weight excluding hydrogens is 366 g/mol. The van der Waals surface area contributed by atoms with Crippen LogP contribution in [0.5, 0.6) is 0 Å². The fraction of sp³-hybridized carbons (Fsp3) is 0.737. The lowest BCUT2D eigenvalue weighted by Gasteiger charge is -2.28. The predicted octanol–water partition coefficient (Wildman–Crippen LogP) is 2.23. The molecule has 2 aliphatic rings. The molecule has 0 radical (unpaired) electrons. The van der Waals surface area contributed by atoms with E-state index in [1.54, 1.807) is 13.1 Å². The van der Waals surface area contributed by atoms with E-state index >= 15 is 0 Å². The van der Waals surface area contributed by atoms with Gasteiger partial charge in [-0.2, -0.15) is 0 Å². The van der Waals surface area contributed by atoms with Gasteiger partial charge in [-0.3, -0.25) is 4.79 Å². The molecule has 2 N–H and O–H groups in total. The fourth-order valence-corrected chi connectivity index (χ4v) is 4.66. The van der Waals surface area contributed by atoms with Gasteiger partial charge in [-0.1, -0.05) is 0 Å². The first kappa shape index (κ1) is 20.2. The Morgan fingerprint density at radius 3 is 2.67 bits per heavy atom. The number of hydrogen-bond donors (Lipinski definition) is 2. The van der Waals surface area contributed by atoms with Gasteiger partial charge in [0.05, 0.1) is 23.9 Å². The van der Waals surface area contributed by atoms with Crippen molar-refractivity contribution >= 4 is 23.2 Å². The number of nitrogens with zero attached hydrogens (tertiary/aromatic N) is 1. The van der Waals surface area contributed by atoms with Crippen LogP contribution in [-0.2, 0) is 14.3 Å². The molecule has 1 saturated carbocycles. The van der Waals surface area contributed by atoms with Crippen LogP contribution in [0.4, 0.5) is 0 Å². The van der Waals surface area contributed by atoms with Gasteiger partial charge in [0.15, 0.2) is 0 Å². The maximum atomic E-state index is 12.5. The molecule has 3 rings (SSSR count). The van der Waals surface area contributed by atoms with E-state index in [2.05, 4.69) is 15.6 Å². The van der Waals surface area contributed by atoms with Gasteiger partial charge in [-0.25, -0.2) is 9.78 Å². The Bertz CT molecular complexity index is 622. The average Bonchev–Trinajstić information content (AvgIpc) is 3.19. The molecule has 2 heterocycles. The number of amides is 1. The zero-order chi connectivity index (χ0) is 19.1. The third-order valence-electron chi connectivity index (χ3n) is 5.19.